The van der Waals surface area contributed by atoms with E-state index in [0.717, 1.165) is 22.6 Å². The maximum Gasteiger partial charge on any atom is 0.278 e. The quantitative estimate of drug-likeness (QED) is 0.657. The third-order valence-electron chi connectivity index (χ3n) is 4.59. The van der Waals surface area contributed by atoms with Crippen molar-refractivity contribution in [3.05, 3.63) is 95.1 Å². The summed E-state index contributed by atoms with van der Waals surface area (Å²) >= 11 is 0. The number of benzene rings is 2. The van der Waals surface area contributed by atoms with Gasteiger partial charge >= 0.3 is 0 Å². The molecule has 1 aliphatic rings. The van der Waals surface area contributed by atoms with E-state index in [0.29, 0.717) is 11.3 Å². The van der Waals surface area contributed by atoms with Crippen molar-refractivity contribution < 1.29 is 22.8 Å². The molecule has 0 unspecified atom stereocenters. The van der Waals surface area contributed by atoms with Gasteiger partial charge in [0.05, 0.1) is 18.4 Å². The number of imide groups is 1. The third-order valence-corrected chi connectivity index (χ3v) is 4.59. The van der Waals surface area contributed by atoms with Gasteiger partial charge in [-0.05, 0) is 36.8 Å². The van der Waals surface area contributed by atoms with Gasteiger partial charge in [-0.25, -0.2) is 8.78 Å². The van der Waals surface area contributed by atoms with Gasteiger partial charge < -0.3 is 9.73 Å². The van der Waals surface area contributed by atoms with E-state index in [9.17, 15) is 18.4 Å². The first kappa shape index (κ1) is 18.6. The smallest absolute Gasteiger partial charge is 0.278 e. The Balaban J connectivity index is 1.76. The fourth-order valence-electron chi connectivity index (χ4n) is 3.10. The van der Waals surface area contributed by atoms with Gasteiger partial charge in [-0.1, -0.05) is 29.8 Å². The van der Waals surface area contributed by atoms with Crippen molar-refractivity contribution in [2.75, 3.05) is 5.32 Å². The molecule has 0 spiro atoms. The van der Waals surface area contributed by atoms with Gasteiger partial charge in [0.1, 0.15) is 11.5 Å². The summed E-state index contributed by atoms with van der Waals surface area (Å²) in [5.74, 6) is -2.69. The number of furan rings is 1. The topological polar surface area (TPSA) is 62.6 Å². The third kappa shape index (κ3) is 3.54. The number of nitrogens with zero attached hydrogens (tertiary/aromatic N) is 1. The van der Waals surface area contributed by atoms with Gasteiger partial charge in [0, 0.05) is 11.8 Å². The number of hydrogen-bond acceptors (Lipinski definition) is 4. The lowest BCUT2D eigenvalue weighted by molar-refractivity contribution is -0.137. The monoisotopic (exact) mass is 394 g/mol. The summed E-state index contributed by atoms with van der Waals surface area (Å²) in [4.78, 5) is 27.2. The standard InChI is InChI=1S/C22H16F2N2O3/c1-13-4-6-14(7-5-13)19-20(25-15-8-9-17(23)18(24)11-15)22(28)26(21(19)27)12-16-3-2-10-29-16/h2-11,25H,12H2,1H3. The summed E-state index contributed by atoms with van der Waals surface area (Å²) in [6.45, 7) is 1.87. The Morgan fingerprint density at radius 3 is 2.38 bits per heavy atom. The van der Waals surface area contributed by atoms with E-state index in [1.807, 2.05) is 19.1 Å². The Morgan fingerprint density at radius 2 is 1.72 bits per heavy atom. The van der Waals surface area contributed by atoms with Gasteiger partial charge in [0.2, 0.25) is 0 Å². The molecule has 7 heteroatoms. The van der Waals surface area contributed by atoms with Crippen LogP contribution in [0.2, 0.25) is 0 Å². The Labute approximate surface area is 165 Å². The molecule has 2 heterocycles. The van der Waals surface area contributed by atoms with Gasteiger partial charge in [-0.15, -0.1) is 0 Å². The zero-order valence-electron chi connectivity index (χ0n) is 15.4. The molecule has 2 aromatic carbocycles. The van der Waals surface area contributed by atoms with E-state index >= 15 is 0 Å². The van der Waals surface area contributed by atoms with Gasteiger partial charge in [-0.3, -0.25) is 14.5 Å². The van der Waals surface area contributed by atoms with Crippen LogP contribution in [0.1, 0.15) is 16.9 Å². The summed E-state index contributed by atoms with van der Waals surface area (Å²) < 4.78 is 32.1. The molecule has 0 saturated carbocycles. The molecule has 4 rings (SSSR count). The van der Waals surface area contributed by atoms with Crippen LogP contribution in [0.25, 0.3) is 5.57 Å². The van der Waals surface area contributed by atoms with E-state index in [-0.39, 0.29) is 23.5 Å². The Hall–Kier alpha value is -3.74. The summed E-state index contributed by atoms with van der Waals surface area (Å²) in [6.07, 6.45) is 1.45. The van der Waals surface area contributed by atoms with Crippen LogP contribution >= 0.6 is 0 Å². The molecule has 146 valence electrons. The van der Waals surface area contributed by atoms with Crippen LogP contribution in [0.15, 0.2) is 71.0 Å². The molecular weight excluding hydrogens is 378 g/mol. The summed E-state index contributed by atoms with van der Waals surface area (Å²) in [7, 11) is 0. The number of aryl methyl sites for hydroxylation is 1. The number of carbonyl (C=O) groups excluding carboxylic acids is 2. The predicted molar refractivity (Wildman–Crippen MR) is 102 cm³/mol. The lowest BCUT2D eigenvalue weighted by Crippen LogP contribution is -2.31. The van der Waals surface area contributed by atoms with Crippen molar-refractivity contribution in [2.24, 2.45) is 0 Å². The first-order valence-electron chi connectivity index (χ1n) is 8.86. The molecule has 29 heavy (non-hydrogen) atoms. The van der Waals surface area contributed by atoms with Gasteiger partial charge in [-0.2, -0.15) is 0 Å². The van der Waals surface area contributed by atoms with Crippen molar-refractivity contribution >= 4 is 23.1 Å². The number of carbonyl (C=O) groups is 2. The zero-order chi connectivity index (χ0) is 20.5. The normalized spacial score (nSPS) is 14.1. The minimum absolute atomic E-state index is 0.00332. The Morgan fingerprint density at radius 1 is 0.966 bits per heavy atom. The lowest BCUT2D eigenvalue weighted by Gasteiger charge is -2.13. The molecular formula is C22H16F2N2O3. The molecule has 0 radical (unpaired) electrons. The SMILES string of the molecule is Cc1ccc(C2=C(Nc3ccc(F)c(F)c3)C(=O)N(Cc3ccco3)C2=O)cc1. The maximum absolute atomic E-state index is 13.6. The van der Waals surface area contributed by atoms with Gasteiger partial charge in [0.15, 0.2) is 11.6 Å². The number of halogens is 2. The average molecular weight is 394 g/mol. The summed E-state index contributed by atoms with van der Waals surface area (Å²) in [6, 6.07) is 13.6. The second-order valence-electron chi connectivity index (χ2n) is 6.65. The minimum atomic E-state index is -1.06. The summed E-state index contributed by atoms with van der Waals surface area (Å²) in [5.41, 5.74) is 1.85. The Kier molecular flexibility index (Phi) is 4.72. The second-order valence-corrected chi connectivity index (χ2v) is 6.65. The zero-order valence-corrected chi connectivity index (χ0v) is 15.4. The number of hydrogen-bond donors (Lipinski definition) is 1. The van der Waals surface area contributed by atoms with Crippen LogP contribution in [0, 0.1) is 18.6 Å². The van der Waals surface area contributed by atoms with Crippen LogP contribution in [0.3, 0.4) is 0 Å². The highest BCUT2D eigenvalue weighted by atomic mass is 19.2. The molecule has 2 amide bonds. The van der Waals surface area contributed by atoms with Crippen molar-refractivity contribution in [3.8, 4) is 0 Å². The molecule has 0 bridgehead atoms. The summed E-state index contributed by atoms with van der Waals surface area (Å²) in [5, 5.41) is 2.79. The molecule has 1 aliphatic heterocycles. The number of anilines is 1. The van der Waals surface area contributed by atoms with E-state index in [1.165, 1.54) is 12.3 Å². The maximum atomic E-state index is 13.6. The molecule has 1 aromatic heterocycles. The largest absolute Gasteiger partial charge is 0.467 e. The first-order chi connectivity index (χ1) is 13.9. The van der Waals surface area contributed by atoms with Crippen LogP contribution in [-0.4, -0.2) is 16.7 Å². The number of rotatable bonds is 5. The molecule has 3 aromatic rings. The first-order valence-corrected chi connectivity index (χ1v) is 8.86. The molecule has 0 fully saturated rings. The molecule has 1 N–H and O–H groups in total. The van der Waals surface area contributed by atoms with Crippen LogP contribution < -0.4 is 5.32 Å². The second kappa shape index (κ2) is 7.35. The van der Waals surface area contributed by atoms with Crippen LogP contribution in [0.5, 0.6) is 0 Å². The lowest BCUT2D eigenvalue weighted by atomic mass is 10.0. The molecule has 5 nitrogen and oxygen atoms in total. The molecule has 0 saturated heterocycles. The minimum Gasteiger partial charge on any atom is -0.467 e. The van der Waals surface area contributed by atoms with E-state index < -0.39 is 23.4 Å². The van der Waals surface area contributed by atoms with Crippen molar-refractivity contribution in [1.29, 1.82) is 0 Å². The predicted octanol–water partition coefficient (Wildman–Crippen LogP) is 4.26. The van der Waals surface area contributed by atoms with Gasteiger partial charge in [0.25, 0.3) is 11.8 Å². The van der Waals surface area contributed by atoms with Crippen LogP contribution in [0.4, 0.5) is 14.5 Å². The van der Waals surface area contributed by atoms with Crippen molar-refractivity contribution in [2.45, 2.75) is 13.5 Å². The molecule has 0 aliphatic carbocycles. The average Bonchev–Trinajstić information content (AvgIpc) is 3.29. The van der Waals surface area contributed by atoms with E-state index in [1.54, 1.807) is 24.3 Å². The van der Waals surface area contributed by atoms with E-state index in [2.05, 4.69) is 5.32 Å². The fourth-order valence-corrected chi connectivity index (χ4v) is 3.10. The highest BCUT2D eigenvalue weighted by Gasteiger charge is 2.39. The van der Waals surface area contributed by atoms with Crippen molar-refractivity contribution in [3.63, 3.8) is 0 Å². The van der Waals surface area contributed by atoms with E-state index in [4.69, 9.17) is 4.42 Å². The fraction of sp³-hybridized carbons (Fsp3) is 0.0909. The van der Waals surface area contributed by atoms with Crippen LogP contribution in [-0.2, 0) is 16.1 Å². The number of nitrogens with one attached hydrogen (secondary N) is 1. The Bertz CT molecular complexity index is 1120. The highest BCUT2D eigenvalue weighted by molar-refractivity contribution is 6.36. The number of amides is 2. The highest BCUT2D eigenvalue weighted by Crippen LogP contribution is 2.32. The van der Waals surface area contributed by atoms with Crippen molar-refractivity contribution in [1.82, 2.24) is 4.90 Å². The molecule has 0 atom stereocenters.